The lowest BCUT2D eigenvalue weighted by Crippen LogP contribution is -2.70. The number of fused-ring (bicyclic) bond motifs is 2. The van der Waals surface area contributed by atoms with Crippen molar-refractivity contribution in [2.75, 3.05) is 20.8 Å². The van der Waals surface area contributed by atoms with E-state index in [0.29, 0.717) is 56.1 Å². The normalized spacial score (nSPS) is 50.2. The second-order valence-corrected chi connectivity index (χ2v) is 21.8. The zero-order chi connectivity index (χ0) is 51.0. The highest BCUT2D eigenvalue weighted by Crippen LogP contribution is 2.81. The molecule has 0 amide bonds. The van der Waals surface area contributed by atoms with Crippen LogP contribution in [-0.4, -0.2) is 180 Å². The molecular formula is C51H78O19. The molecule has 0 aromatic carbocycles. The fourth-order valence-electron chi connectivity index (χ4n) is 14.3. The number of Topliss-reactive ketones (excluding diaryl/α,β-unsaturated/α-hetero) is 1. The summed E-state index contributed by atoms with van der Waals surface area (Å²) in [5, 5.41) is 52.4. The van der Waals surface area contributed by atoms with Gasteiger partial charge in [-0.3, -0.25) is 4.79 Å². The van der Waals surface area contributed by atoms with Crippen molar-refractivity contribution >= 4 is 17.7 Å². The molecule has 8 rings (SSSR count). The SMILES string of the molecule is C/C=C(\C)C(=O)OC1C2C3(C)CCC(OC4CC(OC)C(OC5OC(C)C(OC6OC(CO)C(O)C(O)C6O)C(OC)C5O)C(C)O4)CC3CCC23OC32CCC(C(C)=O)C2(C)C1OC(=O)/C(C)=C/C. The van der Waals surface area contributed by atoms with Crippen LogP contribution in [0.25, 0.3) is 0 Å². The number of allylic oxidation sites excluding steroid dienone is 2. The van der Waals surface area contributed by atoms with Crippen molar-refractivity contribution in [3.8, 4) is 0 Å². The summed E-state index contributed by atoms with van der Waals surface area (Å²) < 4.78 is 69.5. The molecule has 0 bridgehead atoms. The number of hydrogen-bond acceptors (Lipinski definition) is 19. The maximum absolute atomic E-state index is 13.9. The van der Waals surface area contributed by atoms with Gasteiger partial charge in [0.2, 0.25) is 0 Å². The van der Waals surface area contributed by atoms with Crippen molar-refractivity contribution in [3.05, 3.63) is 23.3 Å². The minimum Gasteiger partial charge on any atom is -0.455 e. The van der Waals surface area contributed by atoms with Gasteiger partial charge >= 0.3 is 11.9 Å². The predicted molar refractivity (Wildman–Crippen MR) is 244 cm³/mol. The average Bonchev–Trinajstić information content (AvgIpc) is 3.88. The van der Waals surface area contributed by atoms with Gasteiger partial charge in [-0.25, -0.2) is 9.59 Å². The van der Waals surface area contributed by atoms with Gasteiger partial charge in [-0.05, 0) is 105 Å². The third kappa shape index (κ3) is 8.66. The summed E-state index contributed by atoms with van der Waals surface area (Å²) in [4.78, 5) is 41.3. The molecule has 396 valence electrons. The third-order valence-electron chi connectivity index (χ3n) is 18.4. The molecule has 0 aromatic heterocycles. The highest BCUT2D eigenvalue weighted by molar-refractivity contribution is 5.89. The van der Waals surface area contributed by atoms with Crippen LogP contribution in [0.2, 0.25) is 0 Å². The van der Waals surface area contributed by atoms with Crippen LogP contribution in [-0.2, 0) is 66.5 Å². The number of ketones is 1. The molecule has 8 fully saturated rings. The Bertz CT molecular complexity index is 1990. The van der Waals surface area contributed by atoms with Gasteiger partial charge in [-0.1, -0.05) is 26.0 Å². The van der Waals surface area contributed by atoms with Crippen LogP contribution in [0.5, 0.6) is 0 Å². The van der Waals surface area contributed by atoms with E-state index in [1.165, 1.54) is 7.11 Å². The molecule has 19 nitrogen and oxygen atoms in total. The molecule has 24 atom stereocenters. The molecule has 4 aliphatic heterocycles. The van der Waals surface area contributed by atoms with Crippen molar-refractivity contribution in [2.45, 2.75) is 229 Å². The number of aliphatic hydroxyl groups is 5. The zero-order valence-corrected chi connectivity index (χ0v) is 42.5. The fourth-order valence-corrected chi connectivity index (χ4v) is 14.3. The maximum Gasteiger partial charge on any atom is 0.333 e. The van der Waals surface area contributed by atoms with Crippen LogP contribution in [0.4, 0.5) is 0 Å². The van der Waals surface area contributed by atoms with Crippen molar-refractivity contribution in [3.63, 3.8) is 0 Å². The molecule has 0 aromatic rings. The Morgan fingerprint density at radius 1 is 0.686 bits per heavy atom. The van der Waals surface area contributed by atoms with E-state index in [0.717, 1.165) is 6.42 Å². The summed E-state index contributed by atoms with van der Waals surface area (Å²) in [7, 11) is 2.94. The van der Waals surface area contributed by atoms with Gasteiger partial charge in [-0.15, -0.1) is 0 Å². The number of hydrogen-bond donors (Lipinski definition) is 5. The Hall–Kier alpha value is -2.47. The van der Waals surface area contributed by atoms with Crippen molar-refractivity contribution in [1.29, 1.82) is 0 Å². The summed E-state index contributed by atoms with van der Waals surface area (Å²) >= 11 is 0. The highest BCUT2D eigenvalue weighted by atomic mass is 16.8. The topological polar surface area (TPSA) is 257 Å². The minimum absolute atomic E-state index is 0.00192. The lowest BCUT2D eigenvalue weighted by Gasteiger charge is -2.61. The van der Waals surface area contributed by atoms with Crippen molar-refractivity contribution in [1.82, 2.24) is 0 Å². The van der Waals surface area contributed by atoms with Crippen molar-refractivity contribution < 1.29 is 92.0 Å². The molecule has 24 unspecified atom stereocenters. The van der Waals surface area contributed by atoms with Gasteiger partial charge < -0.3 is 77.6 Å². The molecule has 2 spiro atoms. The highest BCUT2D eigenvalue weighted by Gasteiger charge is 2.91. The third-order valence-corrected chi connectivity index (χ3v) is 18.4. The van der Waals surface area contributed by atoms with Gasteiger partial charge in [0.25, 0.3) is 0 Å². The van der Waals surface area contributed by atoms with Crippen LogP contribution in [0, 0.1) is 28.6 Å². The summed E-state index contributed by atoms with van der Waals surface area (Å²) in [5.41, 5.74) is -1.94. The molecule has 4 saturated heterocycles. The minimum atomic E-state index is -1.67. The maximum atomic E-state index is 13.9. The van der Waals surface area contributed by atoms with Crippen LogP contribution >= 0.6 is 0 Å². The lowest BCUT2D eigenvalue weighted by atomic mass is 9.43. The van der Waals surface area contributed by atoms with E-state index in [1.54, 1.807) is 60.8 Å². The van der Waals surface area contributed by atoms with E-state index in [2.05, 4.69) is 6.92 Å². The van der Waals surface area contributed by atoms with E-state index in [9.17, 15) is 39.9 Å². The second-order valence-electron chi connectivity index (χ2n) is 21.8. The first-order valence-corrected chi connectivity index (χ1v) is 25.3. The largest absolute Gasteiger partial charge is 0.455 e. The summed E-state index contributed by atoms with van der Waals surface area (Å²) in [6, 6.07) is 0. The van der Waals surface area contributed by atoms with Gasteiger partial charge in [-0.2, -0.15) is 0 Å². The molecule has 8 aliphatic rings. The fraction of sp³-hybridized carbons (Fsp3) is 0.863. The zero-order valence-electron chi connectivity index (χ0n) is 42.5. The molecule has 4 aliphatic carbocycles. The molecule has 19 heteroatoms. The van der Waals surface area contributed by atoms with E-state index < -0.39 is 145 Å². The number of ether oxygens (including phenoxy) is 11. The van der Waals surface area contributed by atoms with E-state index in [4.69, 9.17) is 52.1 Å². The number of epoxide rings is 1. The van der Waals surface area contributed by atoms with E-state index >= 15 is 0 Å². The van der Waals surface area contributed by atoms with E-state index in [-0.39, 0.29) is 23.7 Å². The van der Waals surface area contributed by atoms with Crippen LogP contribution in [0.1, 0.15) is 114 Å². The second kappa shape index (κ2) is 20.3. The number of methoxy groups -OCH3 is 2. The molecular weight excluding hydrogens is 917 g/mol. The summed E-state index contributed by atoms with van der Waals surface area (Å²) in [5.74, 6) is -1.70. The molecule has 0 radical (unpaired) electrons. The number of carbonyl (C=O) groups is 3. The predicted octanol–water partition coefficient (Wildman–Crippen LogP) is 2.71. The van der Waals surface area contributed by atoms with Gasteiger partial charge in [0.15, 0.2) is 18.9 Å². The standard InChI is InChI=1S/C51H78O19/c1-12-23(3)44(58)66-41-42-48(8)17-15-29(20-28(48)14-18-50(42)51(70-50)19-16-30(25(5)53)49(51,9)43(41)69-45(59)24(4)13-2)64-33-21-31(60-10)38(26(6)62-33)67-47-37(57)40(61-11)39(27(7)63-47)68-46-36(56)35(55)34(54)32(22-52)65-46/h12-13,26-43,46-47,52,54-57H,14-22H2,1-11H3/b23-12+,24-13+. The van der Waals surface area contributed by atoms with Gasteiger partial charge in [0, 0.05) is 49.0 Å². The molecule has 4 saturated carbocycles. The monoisotopic (exact) mass is 995 g/mol. The van der Waals surface area contributed by atoms with Crippen LogP contribution in [0.3, 0.4) is 0 Å². The summed E-state index contributed by atoms with van der Waals surface area (Å²) in [6.07, 6.45) is -9.15. The van der Waals surface area contributed by atoms with E-state index in [1.807, 2.05) is 13.8 Å². The Kier molecular flexibility index (Phi) is 15.6. The quantitative estimate of drug-likeness (QED) is 0.0726. The van der Waals surface area contributed by atoms with Gasteiger partial charge in [0.1, 0.15) is 78.0 Å². The number of esters is 2. The Morgan fingerprint density at radius 2 is 1.33 bits per heavy atom. The molecule has 70 heavy (non-hydrogen) atoms. The average molecular weight is 995 g/mol. The Balaban J connectivity index is 0.962. The molecule has 4 heterocycles. The van der Waals surface area contributed by atoms with Crippen molar-refractivity contribution in [2.24, 2.45) is 28.6 Å². The van der Waals surface area contributed by atoms with Crippen LogP contribution in [0.15, 0.2) is 23.3 Å². The number of carbonyl (C=O) groups excluding carboxylic acids is 3. The first-order chi connectivity index (χ1) is 33.1. The van der Waals surface area contributed by atoms with Gasteiger partial charge in [0.05, 0.1) is 31.0 Å². The number of aliphatic hydroxyl groups excluding tert-OH is 5. The first kappa shape index (κ1) is 53.8. The Morgan fingerprint density at radius 3 is 1.96 bits per heavy atom. The smallest absolute Gasteiger partial charge is 0.333 e. The Labute approximate surface area is 410 Å². The first-order valence-electron chi connectivity index (χ1n) is 25.3. The lowest BCUT2D eigenvalue weighted by molar-refractivity contribution is -0.371. The van der Waals surface area contributed by atoms with Crippen LogP contribution < -0.4 is 0 Å². The molecule has 5 N–H and O–H groups in total. The summed E-state index contributed by atoms with van der Waals surface area (Å²) in [6.45, 7) is 15.7. The number of rotatable bonds is 14.